The summed E-state index contributed by atoms with van der Waals surface area (Å²) in [5.74, 6) is -1.45. The van der Waals surface area contributed by atoms with Crippen LogP contribution in [-0.4, -0.2) is 53.2 Å². The normalized spacial score (nSPS) is 42.0. The first-order valence-corrected chi connectivity index (χ1v) is 12.8. The van der Waals surface area contributed by atoms with Gasteiger partial charge in [-0.15, -0.1) is 0 Å². The molecule has 4 aliphatic carbocycles. The van der Waals surface area contributed by atoms with Gasteiger partial charge in [0.25, 0.3) is 0 Å². The van der Waals surface area contributed by atoms with E-state index in [2.05, 4.69) is 13.0 Å². The van der Waals surface area contributed by atoms with Gasteiger partial charge in [0.05, 0.1) is 0 Å². The molecular weight excluding hydrogens is 452 g/mol. The summed E-state index contributed by atoms with van der Waals surface area (Å²) in [6.07, 6.45) is 6.36. The summed E-state index contributed by atoms with van der Waals surface area (Å²) in [6, 6.07) is 0. The van der Waals surface area contributed by atoms with Gasteiger partial charge in [-0.2, -0.15) is 0 Å². The average molecular weight is 491 g/mol. The highest BCUT2D eigenvalue weighted by Crippen LogP contribution is 2.67. The number of ketones is 1. The van der Waals surface area contributed by atoms with Crippen LogP contribution in [0.4, 0.5) is 0 Å². The van der Waals surface area contributed by atoms with Crippen molar-refractivity contribution in [2.24, 2.45) is 28.6 Å². The van der Waals surface area contributed by atoms with E-state index in [1.807, 2.05) is 6.92 Å². The summed E-state index contributed by atoms with van der Waals surface area (Å²) in [5, 5.41) is 12.0. The fourth-order valence-electron chi connectivity index (χ4n) is 8.07. The first-order valence-electron chi connectivity index (χ1n) is 12.8. The Morgan fingerprint density at radius 1 is 0.971 bits per heavy atom. The van der Waals surface area contributed by atoms with Crippen LogP contribution in [0.2, 0.25) is 0 Å². The molecule has 4 aliphatic rings. The number of rotatable bonds is 5. The molecule has 1 N–H and O–H groups in total. The highest BCUT2D eigenvalue weighted by molar-refractivity contribution is 5.92. The number of fused-ring (bicyclic) bond motifs is 5. The van der Waals surface area contributed by atoms with Gasteiger partial charge in [0.2, 0.25) is 5.78 Å². The molecule has 8 atom stereocenters. The molecule has 0 saturated heterocycles. The van der Waals surface area contributed by atoms with Crippen LogP contribution in [0, 0.1) is 28.6 Å². The van der Waals surface area contributed by atoms with E-state index in [-0.39, 0.29) is 29.3 Å². The van der Waals surface area contributed by atoms with Gasteiger partial charge in [-0.1, -0.05) is 25.5 Å². The van der Waals surface area contributed by atoms with E-state index in [0.29, 0.717) is 18.8 Å². The fourth-order valence-corrected chi connectivity index (χ4v) is 8.07. The Kier molecular flexibility index (Phi) is 6.66. The first kappa shape index (κ1) is 25.9. The molecule has 4 rings (SSSR count). The van der Waals surface area contributed by atoms with Crippen molar-refractivity contribution in [2.75, 3.05) is 6.61 Å². The van der Waals surface area contributed by atoms with Crippen molar-refractivity contribution < 1.29 is 38.5 Å². The number of Topliss-reactive ketones (excluding diaryl/α,β-unsaturated/α-hetero) is 1. The molecular formula is C27H38O8. The molecule has 0 aromatic rings. The Balaban J connectivity index is 1.65. The van der Waals surface area contributed by atoms with Crippen molar-refractivity contribution in [1.29, 1.82) is 0 Å². The van der Waals surface area contributed by atoms with Crippen LogP contribution in [0.3, 0.4) is 0 Å². The summed E-state index contributed by atoms with van der Waals surface area (Å²) in [7, 11) is 0. The second kappa shape index (κ2) is 9.02. The molecule has 3 saturated carbocycles. The van der Waals surface area contributed by atoms with Crippen molar-refractivity contribution in [2.45, 2.75) is 97.4 Å². The summed E-state index contributed by atoms with van der Waals surface area (Å²) >= 11 is 0. The number of esters is 3. The molecule has 8 nitrogen and oxygen atoms in total. The summed E-state index contributed by atoms with van der Waals surface area (Å²) in [4.78, 5) is 48.1. The smallest absolute Gasteiger partial charge is 0.303 e. The van der Waals surface area contributed by atoms with E-state index in [1.54, 1.807) is 0 Å². The number of aliphatic hydroxyl groups is 1. The molecule has 0 unspecified atom stereocenters. The Hall–Kier alpha value is -2.22. The number of carbonyl (C=O) groups is 4. The minimum atomic E-state index is -1.92. The Morgan fingerprint density at radius 3 is 2.29 bits per heavy atom. The van der Waals surface area contributed by atoms with Gasteiger partial charge < -0.3 is 19.3 Å². The zero-order valence-corrected chi connectivity index (χ0v) is 21.4. The second-order valence-corrected chi connectivity index (χ2v) is 11.5. The lowest BCUT2D eigenvalue weighted by Gasteiger charge is -2.58. The quantitative estimate of drug-likeness (QED) is 0.355. The molecule has 0 bridgehead atoms. The highest BCUT2D eigenvalue weighted by atomic mass is 16.6. The van der Waals surface area contributed by atoms with Gasteiger partial charge in [-0.3, -0.25) is 19.2 Å². The number of allylic oxidation sites excluding steroid dienone is 1. The van der Waals surface area contributed by atoms with E-state index in [0.717, 1.165) is 32.1 Å². The average Bonchev–Trinajstić information content (AvgIpc) is 2.99. The lowest BCUT2D eigenvalue weighted by Crippen LogP contribution is -2.61. The summed E-state index contributed by atoms with van der Waals surface area (Å²) in [5.41, 5.74) is -1.40. The predicted molar refractivity (Wildman–Crippen MR) is 125 cm³/mol. The molecule has 3 fully saturated rings. The Labute approximate surface area is 206 Å². The standard InChI is InChI=1S/C27H38O8/c1-15(28)33-14-23(31)27(32)24(35-17(3)30)13-22-20-7-6-18-12-19(34-16(2)29)8-10-25(18,4)21(20)9-11-26(22,27)5/h6,19-22,24,32H,7-14H2,1-5H3/t19-,20+,21-,22-,24-,25-,26-,27+/m0/s1. The van der Waals surface area contributed by atoms with Gasteiger partial charge in [-0.05, 0) is 61.7 Å². The predicted octanol–water partition coefficient (Wildman–Crippen LogP) is 3.29. The van der Waals surface area contributed by atoms with Crippen LogP contribution >= 0.6 is 0 Å². The zero-order valence-electron chi connectivity index (χ0n) is 21.4. The van der Waals surface area contributed by atoms with Gasteiger partial charge in [0.15, 0.2) is 12.2 Å². The maximum atomic E-state index is 13.3. The maximum absolute atomic E-state index is 13.3. The lowest BCUT2D eigenvalue weighted by atomic mass is 9.46. The van der Waals surface area contributed by atoms with Crippen LogP contribution in [0.1, 0.15) is 79.6 Å². The number of hydrogen-bond acceptors (Lipinski definition) is 8. The zero-order chi connectivity index (χ0) is 25.8. The molecule has 0 aromatic heterocycles. The van der Waals surface area contributed by atoms with Crippen LogP contribution in [0.25, 0.3) is 0 Å². The maximum Gasteiger partial charge on any atom is 0.303 e. The molecule has 0 heterocycles. The summed E-state index contributed by atoms with van der Waals surface area (Å²) < 4.78 is 16.0. The first-order chi connectivity index (χ1) is 16.3. The largest absolute Gasteiger partial charge is 0.462 e. The van der Waals surface area contributed by atoms with Crippen molar-refractivity contribution in [3.05, 3.63) is 11.6 Å². The highest BCUT2D eigenvalue weighted by Gasteiger charge is 2.71. The topological polar surface area (TPSA) is 116 Å². The molecule has 8 heteroatoms. The van der Waals surface area contributed by atoms with Crippen LogP contribution in [0.5, 0.6) is 0 Å². The number of carbonyl (C=O) groups excluding carboxylic acids is 4. The van der Waals surface area contributed by atoms with E-state index in [9.17, 15) is 24.3 Å². The van der Waals surface area contributed by atoms with Gasteiger partial charge in [0.1, 0.15) is 12.2 Å². The summed E-state index contributed by atoms with van der Waals surface area (Å²) in [6.45, 7) is 7.64. The monoisotopic (exact) mass is 490 g/mol. The third-order valence-electron chi connectivity index (χ3n) is 9.73. The van der Waals surface area contributed by atoms with Crippen molar-refractivity contribution in [1.82, 2.24) is 0 Å². The van der Waals surface area contributed by atoms with Gasteiger partial charge >= 0.3 is 17.9 Å². The third-order valence-corrected chi connectivity index (χ3v) is 9.73. The molecule has 0 aliphatic heterocycles. The van der Waals surface area contributed by atoms with Gasteiger partial charge in [0, 0.05) is 32.6 Å². The molecule has 0 aromatic carbocycles. The second-order valence-electron chi connectivity index (χ2n) is 11.5. The van der Waals surface area contributed by atoms with Crippen molar-refractivity contribution in [3.63, 3.8) is 0 Å². The van der Waals surface area contributed by atoms with Crippen LogP contribution < -0.4 is 0 Å². The fraction of sp³-hybridized carbons (Fsp3) is 0.778. The van der Waals surface area contributed by atoms with E-state index >= 15 is 0 Å². The van der Waals surface area contributed by atoms with E-state index < -0.39 is 41.4 Å². The van der Waals surface area contributed by atoms with Gasteiger partial charge in [-0.25, -0.2) is 0 Å². The Bertz CT molecular complexity index is 955. The number of ether oxygens (including phenoxy) is 3. The lowest BCUT2D eigenvalue weighted by molar-refractivity contribution is -0.189. The SMILES string of the molecule is CC(=O)OCC(=O)[C@@]1(O)[C@@H](OC(C)=O)C[C@H]2[C@@H]3CC=C4C[C@@H](OC(C)=O)CC[C@]4(C)[C@H]3CC[C@@]21C. The van der Waals surface area contributed by atoms with E-state index in [1.165, 1.54) is 26.3 Å². The molecule has 0 amide bonds. The molecule has 0 spiro atoms. The molecule has 0 radical (unpaired) electrons. The van der Waals surface area contributed by atoms with Crippen LogP contribution in [-0.2, 0) is 33.4 Å². The third kappa shape index (κ3) is 4.11. The number of hydrogen-bond donors (Lipinski definition) is 1. The minimum absolute atomic E-state index is 0.0275. The minimum Gasteiger partial charge on any atom is -0.462 e. The van der Waals surface area contributed by atoms with E-state index in [4.69, 9.17) is 14.2 Å². The van der Waals surface area contributed by atoms with Crippen molar-refractivity contribution in [3.8, 4) is 0 Å². The van der Waals surface area contributed by atoms with Crippen LogP contribution in [0.15, 0.2) is 11.6 Å². The molecule has 35 heavy (non-hydrogen) atoms. The Morgan fingerprint density at radius 2 is 1.66 bits per heavy atom. The molecule has 194 valence electrons. The van der Waals surface area contributed by atoms with Crippen molar-refractivity contribution >= 4 is 23.7 Å².